The Kier molecular flexibility index (Phi) is 4.02. The second-order valence-electron chi connectivity index (χ2n) is 4.15. The minimum absolute atomic E-state index is 0.137. The van der Waals surface area contributed by atoms with Crippen LogP contribution < -0.4 is 15.8 Å². The Morgan fingerprint density at radius 1 is 1.42 bits per heavy atom. The summed E-state index contributed by atoms with van der Waals surface area (Å²) in [6.07, 6.45) is 0.260. The number of rotatable bonds is 5. The molecule has 1 heterocycles. The number of nitrogen functional groups attached to an aromatic ring is 1. The van der Waals surface area contributed by atoms with E-state index in [-0.39, 0.29) is 12.3 Å². The summed E-state index contributed by atoms with van der Waals surface area (Å²) < 4.78 is 5.43. The number of nitrogens with two attached hydrogens (primary N) is 1. The average molecular weight is 260 g/mol. The molecule has 100 valence electrons. The molecule has 1 amide bonds. The maximum Gasteiger partial charge on any atom is 0.229 e. The molecule has 6 nitrogen and oxygen atoms in total. The fourth-order valence-electron chi connectivity index (χ4n) is 1.51. The first kappa shape index (κ1) is 12.9. The van der Waals surface area contributed by atoms with E-state index in [1.54, 1.807) is 30.3 Å². The van der Waals surface area contributed by atoms with E-state index in [1.165, 1.54) is 0 Å². The summed E-state index contributed by atoms with van der Waals surface area (Å²) >= 11 is 0. The topological polar surface area (TPSA) is 93.0 Å². The number of hydrogen-bond acceptors (Lipinski definition) is 4. The third-order valence-corrected chi connectivity index (χ3v) is 2.45. The summed E-state index contributed by atoms with van der Waals surface area (Å²) in [5.41, 5.74) is 7.14. The number of carbonyl (C=O) groups is 1. The highest BCUT2D eigenvalue weighted by Gasteiger charge is 2.05. The summed E-state index contributed by atoms with van der Waals surface area (Å²) in [6.45, 7) is 2.17. The van der Waals surface area contributed by atoms with E-state index in [9.17, 15) is 4.79 Å². The molecule has 1 aromatic carbocycles. The van der Waals surface area contributed by atoms with Gasteiger partial charge in [0.05, 0.1) is 13.0 Å². The van der Waals surface area contributed by atoms with Gasteiger partial charge in [-0.2, -0.15) is 5.10 Å². The molecule has 1 aromatic heterocycles. The van der Waals surface area contributed by atoms with Gasteiger partial charge < -0.3 is 15.8 Å². The lowest BCUT2D eigenvalue weighted by Gasteiger charge is -2.06. The predicted octanol–water partition coefficient (Wildman–Crippen LogP) is 1.71. The fraction of sp³-hybridized carbons (Fsp3) is 0.231. The predicted molar refractivity (Wildman–Crippen MR) is 72.9 cm³/mol. The Bertz CT molecular complexity index is 548. The van der Waals surface area contributed by atoms with Crippen molar-refractivity contribution in [3.63, 3.8) is 0 Å². The van der Waals surface area contributed by atoms with Gasteiger partial charge in [-0.1, -0.05) is 0 Å². The zero-order valence-corrected chi connectivity index (χ0v) is 10.6. The summed E-state index contributed by atoms with van der Waals surface area (Å²) in [5, 5.41) is 9.35. The molecule has 0 aliphatic heterocycles. The minimum Gasteiger partial charge on any atom is -0.493 e. The number of aromatic amines is 1. The van der Waals surface area contributed by atoms with Gasteiger partial charge in [0.25, 0.3) is 0 Å². The molecular formula is C13H16N4O2. The second kappa shape index (κ2) is 5.90. The molecule has 2 aromatic rings. The van der Waals surface area contributed by atoms with Gasteiger partial charge in [0, 0.05) is 17.4 Å². The van der Waals surface area contributed by atoms with Crippen LogP contribution in [0.15, 0.2) is 30.3 Å². The first-order valence-electron chi connectivity index (χ1n) is 5.94. The number of aryl methyl sites for hydroxylation is 1. The van der Waals surface area contributed by atoms with Crippen LogP contribution in [0.3, 0.4) is 0 Å². The smallest absolute Gasteiger partial charge is 0.229 e. The van der Waals surface area contributed by atoms with Crippen molar-refractivity contribution in [2.45, 2.75) is 13.3 Å². The zero-order valence-electron chi connectivity index (χ0n) is 10.6. The summed E-state index contributed by atoms with van der Waals surface area (Å²) in [6, 6.07) is 8.80. The Hall–Kier alpha value is -2.50. The van der Waals surface area contributed by atoms with Gasteiger partial charge in [0.1, 0.15) is 5.75 Å². The maximum atomic E-state index is 11.6. The Labute approximate surface area is 111 Å². The van der Waals surface area contributed by atoms with Crippen LogP contribution in [-0.4, -0.2) is 22.7 Å². The largest absolute Gasteiger partial charge is 0.493 e. The number of benzene rings is 1. The molecular weight excluding hydrogens is 244 g/mol. The SMILES string of the molecule is Cc1cc(NC(=O)CCOc2ccc(N)cc2)n[nH]1. The molecule has 0 atom stereocenters. The van der Waals surface area contributed by atoms with E-state index in [2.05, 4.69) is 15.5 Å². The first-order chi connectivity index (χ1) is 9.13. The van der Waals surface area contributed by atoms with E-state index in [1.807, 2.05) is 6.92 Å². The lowest BCUT2D eigenvalue weighted by atomic mass is 10.3. The highest BCUT2D eigenvalue weighted by Crippen LogP contribution is 2.13. The third kappa shape index (κ3) is 4.02. The van der Waals surface area contributed by atoms with Gasteiger partial charge in [-0.05, 0) is 31.2 Å². The number of ether oxygens (including phenoxy) is 1. The van der Waals surface area contributed by atoms with Crippen molar-refractivity contribution in [2.24, 2.45) is 0 Å². The molecule has 0 fully saturated rings. The van der Waals surface area contributed by atoms with Gasteiger partial charge in [0.15, 0.2) is 5.82 Å². The number of carbonyl (C=O) groups excluding carboxylic acids is 1. The van der Waals surface area contributed by atoms with E-state index in [0.717, 1.165) is 5.69 Å². The highest BCUT2D eigenvalue weighted by molar-refractivity contribution is 5.89. The Morgan fingerprint density at radius 2 is 2.16 bits per heavy atom. The number of hydrogen-bond donors (Lipinski definition) is 3. The first-order valence-corrected chi connectivity index (χ1v) is 5.94. The van der Waals surface area contributed by atoms with Crippen LogP contribution in [0.1, 0.15) is 12.1 Å². The lowest BCUT2D eigenvalue weighted by Crippen LogP contribution is -2.15. The van der Waals surface area contributed by atoms with Crippen molar-refractivity contribution in [2.75, 3.05) is 17.7 Å². The molecule has 2 rings (SSSR count). The molecule has 0 saturated carbocycles. The van der Waals surface area contributed by atoms with Crippen LogP contribution in [-0.2, 0) is 4.79 Å². The van der Waals surface area contributed by atoms with Crippen molar-refractivity contribution >= 4 is 17.4 Å². The highest BCUT2D eigenvalue weighted by atomic mass is 16.5. The number of amides is 1. The number of nitrogens with zero attached hydrogens (tertiary/aromatic N) is 1. The second-order valence-corrected chi connectivity index (χ2v) is 4.15. The van der Waals surface area contributed by atoms with Gasteiger partial charge in [-0.25, -0.2) is 0 Å². The standard InChI is InChI=1S/C13H16N4O2/c1-9-8-12(17-16-9)15-13(18)6-7-19-11-4-2-10(14)3-5-11/h2-5,8H,6-7,14H2,1H3,(H2,15,16,17,18). The molecule has 4 N–H and O–H groups in total. The minimum atomic E-state index is -0.137. The van der Waals surface area contributed by atoms with E-state index in [0.29, 0.717) is 23.9 Å². The molecule has 0 unspecified atom stereocenters. The third-order valence-electron chi connectivity index (χ3n) is 2.45. The van der Waals surface area contributed by atoms with Crippen LogP contribution >= 0.6 is 0 Å². The van der Waals surface area contributed by atoms with Gasteiger partial charge in [0.2, 0.25) is 5.91 Å². The molecule has 19 heavy (non-hydrogen) atoms. The normalized spacial score (nSPS) is 10.2. The molecule has 0 spiro atoms. The van der Waals surface area contributed by atoms with Crippen LogP contribution in [0, 0.1) is 6.92 Å². The van der Waals surface area contributed by atoms with Crippen molar-refractivity contribution in [1.29, 1.82) is 0 Å². The quantitative estimate of drug-likeness (QED) is 0.713. The summed E-state index contributed by atoms with van der Waals surface area (Å²) in [4.78, 5) is 11.6. The molecule has 6 heteroatoms. The van der Waals surface area contributed by atoms with Crippen molar-refractivity contribution in [3.8, 4) is 5.75 Å². The van der Waals surface area contributed by atoms with Crippen molar-refractivity contribution in [1.82, 2.24) is 10.2 Å². The molecule has 0 saturated heterocycles. The monoisotopic (exact) mass is 260 g/mol. The number of aromatic nitrogens is 2. The molecule has 0 aliphatic rings. The Balaban J connectivity index is 1.73. The van der Waals surface area contributed by atoms with E-state index < -0.39 is 0 Å². The molecule has 0 aliphatic carbocycles. The van der Waals surface area contributed by atoms with E-state index >= 15 is 0 Å². The van der Waals surface area contributed by atoms with Crippen LogP contribution in [0.5, 0.6) is 5.75 Å². The molecule has 0 bridgehead atoms. The maximum absolute atomic E-state index is 11.6. The van der Waals surface area contributed by atoms with Crippen molar-refractivity contribution in [3.05, 3.63) is 36.0 Å². The van der Waals surface area contributed by atoms with Crippen LogP contribution in [0.25, 0.3) is 0 Å². The number of H-pyrrole nitrogens is 1. The zero-order chi connectivity index (χ0) is 13.7. The van der Waals surface area contributed by atoms with E-state index in [4.69, 9.17) is 10.5 Å². The van der Waals surface area contributed by atoms with Gasteiger partial charge >= 0.3 is 0 Å². The summed E-state index contributed by atoms with van der Waals surface area (Å²) in [5.74, 6) is 1.08. The Morgan fingerprint density at radius 3 is 2.79 bits per heavy atom. The molecule has 0 radical (unpaired) electrons. The fourth-order valence-corrected chi connectivity index (χ4v) is 1.51. The van der Waals surface area contributed by atoms with Crippen LogP contribution in [0.4, 0.5) is 11.5 Å². The average Bonchev–Trinajstić information content (AvgIpc) is 2.77. The lowest BCUT2D eigenvalue weighted by molar-refractivity contribution is -0.116. The van der Waals surface area contributed by atoms with Gasteiger partial charge in [-0.3, -0.25) is 9.89 Å². The number of nitrogens with one attached hydrogen (secondary N) is 2. The van der Waals surface area contributed by atoms with Crippen molar-refractivity contribution < 1.29 is 9.53 Å². The number of anilines is 2. The van der Waals surface area contributed by atoms with Crippen LogP contribution in [0.2, 0.25) is 0 Å². The van der Waals surface area contributed by atoms with Gasteiger partial charge in [-0.15, -0.1) is 0 Å². The summed E-state index contributed by atoms with van der Waals surface area (Å²) in [7, 11) is 0.